The fourth-order valence-electron chi connectivity index (χ4n) is 4.49. The van der Waals surface area contributed by atoms with E-state index in [-0.39, 0.29) is 11.9 Å². The lowest BCUT2D eigenvalue weighted by atomic mass is 9.78. The summed E-state index contributed by atoms with van der Waals surface area (Å²) in [7, 11) is 0. The molecule has 1 aliphatic carbocycles. The van der Waals surface area contributed by atoms with E-state index in [1.54, 1.807) is 4.90 Å². The summed E-state index contributed by atoms with van der Waals surface area (Å²) in [6.07, 6.45) is 7.25. The van der Waals surface area contributed by atoms with Gasteiger partial charge in [0, 0.05) is 25.7 Å². The van der Waals surface area contributed by atoms with Crippen LogP contribution < -0.4 is 0 Å². The van der Waals surface area contributed by atoms with Crippen molar-refractivity contribution in [1.82, 2.24) is 9.80 Å². The van der Waals surface area contributed by atoms with Gasteiger partial charge in [-0.05, 0) is 37.5 Å². The average Bonchev–Trinajstić information content (AvgIpc) is 2.88. The second-order valence-corrected chi connectivity index (χ2v) is 7.06. The van der Waals surface area contributed by atoms with E-state index in [0.29, 0.717) is 25.0 Å². The van der Waals surface area contributed by atoms with Crippen LogP contribution in [-0.4, -0.2) is 52.6 Å². The van der Waals surface area contributed by atoms with Gasteiger partial charge in [0.25, 0.3) is 0 Å². The molecule has 118 valence electrons. The molecule has 2 unspecified atom stereocenters. The van der Waals surface area contributed by atoms with Gasteiger partial charge in [-0.1, -0.05) is 19.8 Å². The Morgan fingerprint density at radius 1 is 1.05 bits per heavy atom. The van der Waals surface area contributed by atoms with Crippen LogP contribution in [0, 0.1) is 17.8 Å². The number of carboxylic acid groups (broad SMARTS) is 1. The predicted octanol–water partition coefficient (Wildman–Crippen LogP) is 2.41. The van der Waals surface area contributed by atoms with Crippen molar-refractivity contribution in [3.63, 3.8) is 0 Å². The molecule has 2 saturated heterocycles. The van der Waals surface area contributed by atoms with Crippen LogP contribution in [0.2, 0.25) is 0 Å². The summed E-state index contributed by atoms with van der Waals surface area (Å²) in [5, 5.41) is 9.23. The van der Waals surface area contributed by atoms with Gasteiger partial charge in [-0.2, -0.15) is 0 Å². The zero-order valence-corrected chi connectivity index (χ0v) is 12.8. The molecule has 21 heavy (non-hydrogen) atoms. The minimum Gasteiger partial charge on any atom is -0.481 e. The van der Waals surface area contributed by atoms with E-state index < -0.39 is 11.9 Å². The molecule has 0 spiro atoms. The van der Waals surface area contributed by atoms with E-state index in [1.165, 1.54) is 25.7 Å². The Morgan fingerprint density at radius 2 is 1.76 bits per heavy atom. The summed E-state index contributed by atoms with van der Waals surface area (Å²) in [5.74, 6) is -0.446. The third-order valence-corrected chi connectivity index (χ3v) is 5.69. The minimum absolute atomic E-state index is 0.0541. The second kappa shape index (κ2) is 5.85. The van der Waals surface area contributed by atoms with Gasteiger partial charge in [0.2, 0.25) is 0 Å². The number of amides is 2. The van der Waals surface area contributed by atoms with Gasteiger partial charge in [-0.15, -0.1) is 0 Å². The third-order valence-electron chi connectivity index (χ3n) is 5.69. The summed E-state index contributed by atoms with van der Waals surface area (Å²) in [4.78, 5) is 27.9. The van der Waals surface area contributed by atoms with Crippen LogP contribution in [0.5, 0.6) is 0 Å². The predicted molar refractivity (Wildman–Crippen MR) is 78.9 cm³/mol. The smallest absolute Gasteiger partial charge is 0.320 e. The lowest BCUT2D eigenvalue weighted by molar-refractivity contribution is -0.142. The van der Waals surface area contributed by atoms with E-state index in [4.69, 9.17) is 0 Å². The molecule has 2 amide bonds. The Morgan fingerprint density at radius 3 is 2.48 bits per heavy atom. The Kier molecular flexibility index (Phi) is 4.09. The first-order chi connectivity index (χ1) is 10.1. The van der Waals surface area contributed by atoms with E-state index in [9.17, 15) is 14.7 Å². The van der Waals surface area contributed by atoms with Crippen molar-refractivity contribution in [3.05, 3.63) is 0 Å². The van der Waals surface area contributed by atoms with Crippen LogP contribution in [0.4, 0.5) is 4.79 Å². The van der Waals surface area contributed by atoms with Gasteiger partial charge < -0.3 is 14.9 Å². The van der Waals surface area contributed by atoms with E-state index >= 15 is 0 Å². The van der Waals surface area contributed by atoms with Gasteiger partial charge >= 0.3 is 12.0 Å². The number of urea groups is 1. The first kappa shape index (κ1) is 14.7. The Balaban J connectivity index is 1.68. The number of likely N-dealkylation sites (tertiary alicyclic amines) is 2. The summed E-state index contributed by atoms with van der Waals surface area (Å²) < 4.78 is 0. The van der Waals surface area contributed by atoms with E-state index in [0.717, 1.165) is 19.4 Å². The molecule has 0 radical (unpaired) electrons. The first-order valence-electron chi connectivity index (χ1n) is 8.36. The highest BCUT2D eigenvalue weighted by molar-refractivity contribution is 5.78. The second-order valence-electron chi connectivity index (χ2n) is 7.06. The molecule has 3 fully saturated rings. The number of carbonyl (C=O) groups is 2. The number of fused-ring (bicyclic) bond motifs is 1. The Bertz CT molecular complexity index is 424. The zero-order valence-electron chi connectivity index (χ0n) is 12.8. The molecular weight excluding hydrogens is 268 g/mol. The maximum atomic E-state index is 12.8. The fraction of sp³-hybridized carbons (Fsp3) is 0.875. The number of carbonyl (C=O) groups excluding carboxylic acids is 1. The van der Waals surface area contributed by atoms with Gasteiger partial charge in [0.05, 0.1) is 5.92 Å². The van der Waals surface area contributed by atoms with Crippen LogP contribution in [0.25, 0.3) is 0 Å². The number of hydrogen-bond acceptors (Lipinski definition) is 2. The molecule has 5 heteroatoms. The highest BCUT2D eigenvalue weighted by Crippen LogP contribution is 2.36. The molecule has 5 nitrogen and oxygen atoms in total. The summed E-state index contributed by atoms with van der Waals surface area (Å²) in [5.41, 5.74) is 0. The minimum atomic E-state index is -0.771. The Labute approximate surface area is 126 Å². The van der Waals surface area contributed by atoms with Gasteiger partial charge in [0.1, 0.15) is 0 Å². The molecule has 3 rings (SSSR count). The molecule has 2 heterocycles. The van der Waals surface area contributed by atoms with Crippen LogP contribution in [0.15, 0.2) is 0 Å². The van der Waals surface area contributed by atoms with Crippen LogP contribution >= 0.6 is 0 Å². The van der Waals surface area contributed by atoms with Crippen molar-refractivity contribution in [3.8, 4) is 0 Å². The van der Waals surface area contributed by atoms with Crippen molar-refractivity contribution in [2.75, 3.05) is 19.6 Å². The lowest BCUT2D eigenvalue weighted by Crippen LogP contribution is -2.53. The number of piperidine rings is 1. The van der Waals surface area contributed by atoms with Crippen molar-refractivity contribution in [2.45, 2.75) is 51.5 Å². The number of rotatable bonds is 1. The molecule has 4 atom stereocenters. The van der Waals surface area contributed by atoms with E-state index in [2.05, 4.69) is 4.90 Å². The SMILES string of the molecule is C[C@@H]1CN(C(=O)N2CCCC3CCCCC32)C[C@H]1C(=O)O. The topological polar surface area (TPSA) is 60.9 Å². The van der Waals surface area contributed by atoms with Gasteiger partial charge in [-0.25, -0.2) is 4.79 Å². The molecular formula is C16H26N2O3. The molecule has 0 aromatic rings. The maximum Gasteiger partial charge on any atom is 0.320 e. The monoisotopic (exact) mass is 294 g/mol. The van der Waals surface area contributed by atoms with Crippen molar-refractivity contribution >= 4 is 12.0 Å². The third kappa shape index (κ3) is 2.74. The number of carboxylic acids is 1. The first-order valence-corrected chi connectivity index (χ1v) is 8.36. The van der Waals surface area contributed by atoms with Crippen LogP contribution in [-0.2, 0) is 4.79 Å². The molecule has 3 aliphatic rings. The average molecular weight is 294 g/mol. The molecule has 0 aromatic carbocycles. The Hall–Kier alpha value is -1.26. The number of aliphatic carboxylic acids is 1. The summed E-state index contributed by atoms with van der Waals surface area (Å²) >= 11 is 0. The maximum absolute atomic E-state index is 12.8. The van der Waals surface area contributed by atoms with Crippen LogP contribution in [0.3, 0.4) is 0 Å². The van der Waals surface area contributed by atoms with Gasteiger partial charge in [0.15, 0.2) is 0 Å². The highest BCUT2D eigenvalue weighted by atomic mass is 16.4. The standard InChI is InChI=1S/C16H26N2O3/c1-11-9-17(10-13(11)15(19)20)16(21)18-8-4-6-12-5-2-3-7-14(12)18/h11-14H,2-10H2,1H3,(H,19,20)/t11-,12?,13-,14?/m1/s1. The van der Waals surface area contributed by atoms with Gasteiger partial charge in [-0.3, -0.25) is 4.79 Å². The molecule has 2 aliphatic heterocycles. The zero-order chi connectivity index (χ0) is 15.0. The normalized spacial score (nSPS) is 36.4. The largest absolute Gasteiger partial charge is 0.481 e. The molecule has 0 aromatic heterocycles. The van der Waals surface area contributed by atoms with Crippen molar-refractivity contribution < 1.29 is 14.7 Å². The molecule has 1 N–H and O–H groups in total. The summed E-state index contributed by atoms with van der Waals surface area (Å²) in [6, 6.07) is 0.487. The van der Waals surface area contributed by atoms with E-state index in [1.807, 2.05) is 6.92 Å². The lowest BCUT2D eigenvalue weighted by Gasteiger charge is -2.45. The number of hydrogen-bond donors (Lipinski definition) is 1. The molecule has 1 saturated carbocycles. The fourth-order valence-corrected chi connectivity index (χ4v) is 4.49. The van der Waals surface area contributed by atoms with Crippen LogP contribution in [0.1, 0.15) is 45.4 Å². The van der Waals surface area contributed by atoms with Crippen molar-refractivity contribution in [1.29, 1.82) is 0 Å². The highest BCUT2D eigenvalue weighted by Gasteiger charge is 2.42. The number of nitrogens with zero attached hydrogens (tertiary/aromatic N) is 2. The summed E-state index contributed by atoms with van der Waals surface area (Å²) in [6.45, 7) is 3.75. The molecule has 0 bridgehead atoms. The van der Waals surface area contributed by atoms with Crippen molar-refractivity contribution in [2.24, 2.45) is 17.8 Å². The quantitative estimate of drug-likeness (QED) is 0.808.